The predicted octanol–water partition coefficient (Wildman–Crippen LogP) is -0.164. The Balaban J connectivity index is 2.27. The summed E-state index contributed by atoms with van der Waals surface area (Å²) in [7, 11) is 0. The highest BCUT2D eigenvalue weighted by atomic mass is 16.1. The summed E-state index contributed by atoms with van der Waals surface area (Å²) >= 11 is 0. The van der Waals surface area contributed by atoms with Crippen LogP contribution in [0.3, 0.4) is 0 Å². The summed E-state index contributed by atoms with van der Waals surface area (Å²) in [6.07, 6.45) is 4.96. The molecule has 0 amide bonds. The summed E-state index contributed by atoms with van der Waals surface area (Å²) in [5.74, 6) is 0.786. The monoisotopic (exact) mass is 193 g/mol. The quantitative estimate of drug-likeness (QED) is 0.736. The van der Waals surface area contributed by atoms with Gasteiger partial charge in [-0.2, -0.15) is 0 Å². The number of imidazole rings is 1. The van der Waals surface area contributed by atoms with E-state index in [2.05, 4.69) is 15.2 Å². The Labute approximate surface area is 80.2 Å². The van der Waals surface area contributed by atoms with Gasteiger partial charge in [0.2, 0.25) is 0 Å². The lowest BCUT2D eigenvalue weighted by Crippen LogP contribution is -2.19. The van der Waals surface area contributed by atoms with Crippen molar-refractivity contribution in [3.05, 3.63) is 35.0 Å². The first-order chi connectivity index (χ1) is 6.81. The number of aryl methyl sites for hydroxylation is 1. The first-order valence-electron chi connectivity index (χ1n) is 4.41. The fourth-order valence-corrected chi connectivity index (χ4v) is 1.29. The number of aromatic amines is 1. The Bertz CT molecular complexity index is 466. The zero-order valence-corrected chi connectivity index (χ0v) is 7.84. The summed E-state index contributed by atoms with van der Waals surface area (Å²) in [4.78, 5) is 13.8. The van der Waals surface area contributed by atoms with Crippen LogP contribution in [0.4, 0.5) is 0 Å². The minimum Gasteiger partial charge on any atom is -0.316 e. The molecule has 0 unspecified atom stereocenters. The number of aromatic nitrogens is 5. The normalized spacial score (nSPS) is 10.6. The van der Waals surface area contributed by atoms with Crippen LogP contribution in [0.25, 0.3) is 0 Å². The van der Waals surface area contributed by atoms with Gasteiger partial charge in [-0.3, -0.25) is 4.57 Å². The summed E-state index contributed by atoms with van der Waals surface area (Å²) in [5.41, 5.74) is -0.129. The predicted molar refractivity (Wildman–Crippen MR) is 49.9 cm³/mol. The van der Waals surface area contributed by atoms with E-state index in [0.29, 0.717) is 6.54 Å². The highest BCUT2D eigenvalue weighted by Gasteiger charge is 2.04. The number of nitrogens with one attached hydrogen (secondary N) is 1. The molecule has 0 aliphatic heterocycles. The van der Waals surface area contributed by atoms with Crippen molar-refractivity contribution in [3.8, 4) is 0 Å². The molecule has 2 aromatic heterocycles. The lowest BCUT2D eigenvalue weighted by molar-refractivity contribution is 0.640. The van der Waals surface area contributed by atoms with Crippen molar-refractivity contribution in [2.75, 3.05) is 0 Å². The molecule has 0 aromatic carbocycles. The summed E-state index contributed by atoms with van der Waals surface area (Å²) < 4.78 is 3.45. The van der Waals surface area contributed by atoms with Crippen molar-refractivity contribution >= 4 is 0 Å². The average Bonchev–Trinajstić information content (AvgIpc) is 2.77. The molecule has 1 N–H and O–H groups in total. The maximum Gasteiger partial charge on any atom is 0.325 e. The molecular formula is C8H11N5O. The number of H-pyrrole nitrogens is 1. The zero-order chi connectivity index (χ0) is 9.97. The maximum absolute atomic E-state index is 11.2. The second-order valence-electron chi connectivity index (χ2n) is 2.93. The third-order valence-electron chi connectivity index (χ3n) is 2.07. The van der Waals surface area contributed by atoms with Crippen molar-refractivity contribution in [2.24, 2.45) is 0 Å². The van der Waals surface area contributed by atoms with Gasteiger partial charge in [0, 0.05) is 18.9 Å². The fourth-order valence-electron chi connectivity index (χ4n) is 1.29. The molecule has 2 heterocycles. The minimum atomic E-state index is -0.129. The van der Waals surface area contributed by atoms with E-state index >= 15 is 0 Å². The topological polar surface area (TPSA) is 68.5 Å². The summed E-state index contributed by atoms with van der Waals surface area (Å²) in [6.45, 7) is 3.27. The highest BCUT2D eigenvalue weighted by Crippen LogP contribution is 1.96. The molecule has 6 nitrogen and oxygen atoms in total. The van der Waals surface area contributed by atoms with Gasteiger partial charge < -0.3 is 9.55 Å². The van der Waals surface area contributed by atoms with Crippen molar-refractivity contribution in [2.45, 2.75) is 20.0 Å². The van der Waals surface area contributed by atoms with E-state index in [1.807, 2.05) is 11.5 Å². The number of hydrogen-bond donors (Lipinski definition) is 1. The third-order valence-corrected chi connectivity index (χ3v) is 2.07. The van der Waals surface area contributed by atoms with E-state index in [0.717, 1.165) is 12.4 Å². The van der Waals surface area contributed by atoms with Crippen LogP contribution in [0, 0.1) is 0 Å². The molecule has 0 saturated carbocycles. The molecule has 6 heteroatoms. The first-order valence-corrected chi connectivity index (χ1v) is 4.41. The van der Waals surface area contributed by atoms with Crippen LogP contribution in [-0.2, 0) is 13.1 Å². The highest BCUT2D eigenvalue weighted by molar-refractivity contribution is 4.89. The molecule has 0 radical (unpaired) electrons. The van der Waals surface area contributed by atoms with Gasteiger partial charge in [-0.25, -0.2) is 4.79 Å². The van der Waals surface area contributed by atoms with Gasteiger partial charge >= 0.3 is 5.69 Å². The molecule has 2 aromatic rings. The van der Waals surface area contributed by atoms with E-state index in [1.54, 1.807) is 23.3 Å². The summed E-state index contributed by atoms with van der Waals surface area (Å²) in [6, 6.07) is 0. The molecule has 74 valence electrons. The van der Waals surface area contributed by atoms with Gasteiger partial charge in [-0.15, -0.1) is 10.2 Å². The number of nitrogens with zero attached hydrogens (tertiary/aromatic N) is 4. The minimum absolute atomic E-state index is 0.129. The Morgan fingerprint density at radius 1 is 1.50 bits per heavy atom. The molecule has 14 heavy (non-hydrogen) atoms. The SMILES string of the molecule is CCn1cnnc1Cn1cc[nH]c1=O. The molecule has 0 saturated heterocycles. The number of rotatable bonds is 3. The van der Waals surface area contributed by atoms with Crippen LogP contribution < -0.4 is 5.69 Å². The lowest BCUT2D eigenvalue weighted by Gasteiger charge is -2.02. The Hall–Kier alpha value is -1.85. The van der Waals surface area contributed by atoms with Crippen molar-refractivity contribution in [1.29, 1.82) is 0 Å². The van der Waals surface area contributed by atoms with Crippen LogP contribution in [0.5, 0.6) is 0 Å². The van der Waals surface area contributed by atoms with Crippen LogP contribution in [0.2, 0.25) is 0 Å². The van der Waals surface area contributed by atoms with Crippen LogP contribution in [0.1, 0.15) is 12.7 Å². The molecule has 0 atom stereocenters. The van der Waals surface area contributed by atoms with Crippen LogP contribution >= 0.6 is 0 Å². The second kappa shape index (κ2) is 3.49. The fraction of sp³-hybridized carbons (Fsp3) is 0.375. The van der Waals surface area contributed by atoms with Crippen molar-refractivity contribution < 1.29 is 0 Å². The molecule has 0 spiro atoms. The first kappa shape index (κ1) is 8.74. The maximum atomic E-state index is 11.2. The smallest absolute Gasteiger partial charge is 0.316 e. The third kappa shape index (κ3) is 1.46. The molecular weight excluding hydrogens is 182 g/mol. The molecule has 0 aliphatic carbocycles. The van der Waals surface area contributed by atoms with Crippen LogP contribution in [-0.4, -0.2) is 24.3 Å². The number of hydrogen-bond acceptors (Lipinski definition) is 3. The van der Waals surface area contributed by atoms with Gasteiger partial charge in [0.15, 0.2) is 5.82 Å². The Morgan fingerprint density at radius 3 is 3.00 bits per heavy atom. The molecule has 0 fully saturated rings. The van der Waals surface area contributed by atoms with Crippen molar-refractivity contribution in [1.82, 2.24) is 24.3 Å². The van der Waals surface area contributed by atoms with E-state index < -0.39 is 0 Å². The molecule has 0 bridgehead atoms. The van der Waals surface area contributed by atoms with Gasteiger partial charge in [-0.05, 0) is 6.92 Å². The molecule has 0 aliphatic rings. The van der Waals surface area contributed by atoms with E-state index in [9.17, 15) is 4.79 Å². The van der Waals surface area contributed by atoms with Gasteiger partial charge in [0.05, 0.1) is 6.54 Å². The molecule has 2 rings (SSSR count). The zero-order valence-electron chi connectivity index (χ0n) is 7.84. The summed E-state index contributed by atoms with van der Waals surface area (Å²) in [5, 5.41) is 7.73. The van der Waals surface area contributed by atoms with Crippen molar-refractivity contribution in [3.63, 3.8) is 0 Å². The van der Waals surface area contributed by atoms with E-state index in [1.165, 1.54) is 0 Å². The standard InChI is InChI=1S/C8H11N5O/c1-2-12-6-10-11-7(12)5-13-4-3-9-8(13)14/h3-4,6H,2,5H2,1H3,(H,9,14). The largest absolute Gasteiger partial charge is 0.325 e. The van der Waals surface area contributed by atoms with Gasteiger partial charge in [0.25, 0.3) is 0 Å². The Kier molecular flexibility index (Phi) is 2.18. The lowest BCUT2D eigenvalue weighted by atomic mass is 10.5. The van der Waals surface area contributed by atoms with E-state index in [-0.39, 0.29) is 5.69 Å². The van der Waals surface area contributed by atoms with Gasteiger partial charge in [0.1, 0.15) is 6.33 Å². The second-order valence-corrected chi connectivity index (χ2v) is 2.93. The average molecular weight is 193 g/mol. The van der Waals surface area contributed by atoms with Crippen LogP contribution in [0.15, 0.2) is 23.5 Å². The van der Waals surface area contributed by atoms with Gasteiger partial charge in [-0.1, -0.05) is 0 Å². The Morgan fingerprint density at radius 2 is 2.36 bits per heavy atom. The van der Waals surface area contributed by atoms with E-state index in [4.69, 9.17) is 0 Å².